The highest BCUT2D eigenvalue weighted by Crippen LogP contribution is 2.51. The predicted molar refractivity (Wildman–Crippen MR) is 227 cm³/mol. The van der Waals surface area contributed by atoms with Crippen LogP contribution in [0, 0.1) is 0 Å². The molecule has 8 rings (SSSR count). The van der Waals surface area contributed by atoms with Crippen LogP contribution < -0.4 is 10.4 Å². The van der Waals surface area contributed by atoms with Crippen molar-refractivity contribution >= 4 is 17.9 Å². The van der Waals surface area contributed by atoms with Gasteiger partial charge in [-0.2, -0.15) is 0 Å². The first-order chi connectivity index (χ1) is 27.8. The molecule has 0 saturated carbocycles. The Bertz CT molecular complexity index is 2260. The van der Waals surface area contributed by atoms with Crippen LogP contribution >= 0.6 is 0 Å². The number of anilines is 1. The predicted octanol–water partition coefficient (Wildman–Crippen LogP) is 11.5. The average Bonchev–Trinajstić information content (AvgIpc) is 3.69. The van der Waals surface area contributed by atoms with E-state index in [0.29, 0.717) is 6.54 Å². The molecule has 0 fully saturated rings. The summed E-state index contributed by atoms with van der Waals surface area (Å²) in [6.07, 6.45) is 4.09. The van der Waals surface area contributed by atoms with E-state index < -0.39 is 23.4 Å². The molecule has 2 heterocycles. The van der Waals surface area contributed by atoms with E-state index in [9.17, 15) is 4.79 Å². The molecule has 2 unspecified atom stereocenters. The molecule has 286 valence electrons. The fourth-order valence-electron chi connectivity index (χ4n) is 7.99. The topological polar surface area (TPSA) is 72.8 Å². The number of ether oxygens (including phenoxy) is 1. The summed E-state index contributed by atoms with van der Waals surface area (Å²) in [7, 11) is 0. The van der Waals surface area contributed by atoms with Crippen LogP contribution in [0.4, 0.5) is 10.5 Å². The third kappa shape index (κ3) is 7.32. The number of rotatable bonds is 10. The maximum atomic E-state index is 14.3. The number of carbonyl (C=O) groups excluding carboxylic acids is 1. The molecule has 0 aromatic heterocycles. The van der Waals surface area contributed by atoms with E-state index in [2.05, 4.69) is 132 Å². The molecule has 8 heteroatoms. The van der Waals surface area contributed by atoms with Gasteiger partial charge in [-0.3, -0.25) is 0 Å². The van der Waals surface area contributed by atoms with Crippen molar-refractivity contribution in [1.29, 1.82) is 0 Å². The minimum absolute atomic E-state index is 0.263. The monoisotopic (exact) mass is 752 g/mol. The molecule has 0 spiro atoms. The Morgan fingerprint density at radius 1 is 0.684 bits per heavy atom. The van der Waals surface area contributed by atoms with Crippen molar-refractivity contribution in [3.8, 4) is 11.1 Å². The lowest BCUT2D eigenvalue weighted by Crippen LogP contribution is -2.49. The maximum absolute atomic E-state index is 14.3. The highest BCUT2D eigenvalue weighted by atomic mass is 16.6. The van der Waals surface area contributed by atoms with Crippen LogP contribution in [0.5, 0.6) is 0 Å². The number of benzene rings is 6. The first-order valence-corrected chi connectivity index (χ1v) is 19.7. The number of hydrogen-bond acceptors (Lipinski definition) is 7. The summed E-state index contributed by atoms with van der Waals surface area (Å²) in [6.45, 7) is 8.46. The zero-order valence-corrected chi connectivity index (χ0v) is 32.9. The fraction of sp³-hybridized carbons (Fsp3) is 0.204. The Hall–Kier alpha value is -6.51. The molecule has 2 aliphatic heterocycles. The second-order valence-electron chi connectivity index (χ2n) is 15.4. The Labute approximate surface area is 335 Å². The molecule has 0 bridgehead atoms. The second-order valence-corrected chi connectivity index (χ2v) is 15.4. The summed E-state index contributed by atoms with van der Waals surface area (Å²) >= 11 is 0. The Morgan fingerprint density at radius 2 is 1.25 bits per heavy atom. The first-order valence-electron chi connectivity index (χ1n) is 19.7. The third-order valence-electron chi connectivity index (χ3n) is 10.6. The Balaban J connectivity index is 1.22. The molecule has 1 N–H and O–H groups in total. The van der Waals surface area contributed by atoms with E-state index in [1.165, 1.54) is 16.3 Å². The largest absolute Gasteiger partial charge is 0.442 e. The van der Waals surface area contributed by atoms with E-state index in [-0.39, 0.29) is 6.04 Å². The van der Waals surface area contributed by atoms with Crippen molar-refractivity contribution < 1.29 is 9.53 Å². The maximum Gasteiger partial charge on any atom is 0.434 e. The van der Waals surface area contributed by atoms with Gasteiger partial charge in [-0.25, -0.2) is 15.2 Å². The van der Waals surface area contributed by atoms with E-state index in [1.807, 2.05) is 92.5 Å². The van der Waals surface area contributed by atoms with Crippen LogP contribution in [0.2, 0.25) is 0 Å². The van der Waals surface area contributed by atoms with Crippen LogP contribution in [0.3, 0.4) is 0 Å². The molecule has 6 aromatic rings. The number of nitrogens with one attached hydrogen (secondary N) is 1. The molecule has 6 aromatic carbocycles. The number of hydrogen-bond donors (Lipinski definition) is 1. The van der Waals surface area contributed by atoms with E-state index in [4.69, 9.17) is 9.96 Å². The lowest BCUT2D eigenvalue weighted by atomic mass is 9.75. The molecular formula is C49H48N6O2. The first kappa shape index (κ1) is 37.4. The second kappa shape index (κ2) is 15.9. The van der Waals surface area contributed by atoms with Crippen LogP contribution in [0.25, 0.3) is 17.2 Å². The van der Waals surface area contributed by atoms with Crippen molar-refractivity contribution in [2.75, 3.05) is 5.01 Å². The number of para-hydroxylation sites is 1. The van der Waals surface area contributed by atoms with Crippen LogP contribution in [-0.2, 0) is 16.8 Å². The van der Waals surface area contributed by atoms with Crippen molar-refractivity contribution in [2.45, 2.75) is 64.0 Å². The van der Waals surface area contributed by atoms with Gasteiger partial charge in [-0.1, -0.05) is 177 Å². The molecule has 0 saturated heterocycles. The highest BCUT2D eigenvalue weighted by molar-refractivity contribution is 5.73. The SMILES string of the molecule is CCC1C=Cc2ccccc2N1NCc1ccc(-c2ccccc2C2N(C(=O)OC(C)(C)C)N=NN2C(c2ccccc2)(c2ccccc2)c2ccccc2)cc1. The summed E-state index contributed by atoms with van der Waals surface area (Å²) in [5.74, 6) is 0. The quantitative estimate of drug-likeness (QED) is 0.141. The number of nitrogens with zero attached hydrogens (tertiary/aromatic N) is 5. The van der Waals surface area contributed by atoms with Crippen LogP contribution in [0.1, 0.15) is 73.7 Å². The molecule has 1 amide bonds. The molecule has 57 heavy (non-hydrogen) atoms. The van der Waals surface area contributed by atoms with E-state index in [1.54, 1.807) is 0 Å². The minimum atomic E-state index is -1.00. The van der Waals surface area contributed by atoms with E-state index in [0.717, 1.165) is 45.4 Å². The van der Waals surface area contributed by atoms with Crippen LogP contribution in [-0.4, -0.2) is 27.8 Å². The number of fused-ring (bicyclic) bond motifs is 1. The smallest absolute Gasteiger partial charge is 0.434 e. The van der Waals surface area contributed by atoms with Crippen molar-refractivity contribution in [3.63, 3.8) is 0 Å². The van der Waals surface area contributed by atoms with E-state index >= 15 is 0 Å². The number of amides is 1. The summed E-state index contributed by atoms with van der Waals surface area (Å²) in [5, 5.41) is 15.2. The van der Waals surface area contributed by atoms with Gasteiger partial charge in [0, 0.05) is 12.1 Å². The number of carbonyl (C=O) groups is 1. The average molecular weight is 753 g/mol. The van der Waals surface area contributed by atoms with Crippen molar-refractivity contribution in [2.24, 2.45) is 10.4 Å². The summed E-state index contributed by atoms with van der Waals surface area (Å²) in [5.41, 5.74) is 11.2. The lowest BCUT2D eigenvalue weighted by Gasteiger charge is -2.45. The normalized spacial score (nSPS) is 16.5. The highest BCUT2D eigenvalue weighted by Gasteiger charge is 2.52. The lowest BCUT2D eigenvalue weighted by molar-refractivity contribution is -0.00517. The third-order valence-corrected chi connectivity index (χ3v) is 10.6. The summed E-state index contributed by atoms with van der Waals surface area (Å²) in [6, 6.07) is 56.6. The van der Waals surface area contributed by atoms with Gasteiger partial charge in [0.2, 0.25) is 0 Å². The number of hydrazine groups is 1. The van der Waals surface area contributed by atoms with Crippen molar-refractivity contribution in [3.05, 3.63) is 203 Å². The standard InChI is InChI=1S/C49H48N6O2/c1-5-42-34-33-38-19-15-18-28-45(38)53(42)50-35-36-29-31-37(32-30-36)43-26-16-17-27-44(43)46-54(47(56)57-48(2,3)4)51-52-55(46)49(39-20-9-6-10-21-39,40-22-11-7-12-23-40)41-24-13-8-14-25-41/h6-34,42,46,50H,5,35H2,1-4H3. The minimum Gasteiger partial charge on any atom is -0.442 e. The Kier molecular flexibility index (Phi) is 10.5. The molecule has 0 radical (unpaired) electrons. The van der Waals surface area contributed by atoms with Gasteiger partial charge in [0.15, 0.2) is 6.17 Å². The van der Waals surface area contributed by atoms with Gasteiger partial charge in [-0.05, 0) is 82.6 Å². The van der Waals surface area contributed by atoms with Gasteiger partial charge >= 0.3 is 6.09 Å². The van der Waals surface area contributed by atoms with Crippen molar-refractivity contribution in [1.82, 2.24) is 15.4 Å². The van der Waals surface area contributed by atoms with Gasteiger partial charge < -0.3 is 9.75 Å². The van der Waals surface area contributed by atoms with Gasteiger partial charge in [-0.15, -0.1) is 5.01 Å². The molecule has 2 aliphatic rings. The van der Waals surface area contributed by atoms with Gasteiger partial charge in [0.05, 0.1) is 11.7 Å². The zero-order chi connectivity index (χ0) is 39.4. The molecular weight excluding hydrogens is 705 g/mol. The van der Waals surface area contributed by atoms with Gasteiger partial charge in [0.25, 0.3) is 0 Å². The zero-order valence-electron chi connectivity index (χ0n) is 32.9. The Morgan fingerprint density at radius 3 is 1.84 bits per heavy atom. The molecule has 8 nitrogen and oxygen atoms in total. The summed E-state index contributed by atoms with van der Waals surface area (Å²) < 4.78 is 6.02. The molecule has 2 atom stereocenters. The van der Waals surface area contributed by atoms with Crippen LogP contribution in [0.15, 0.2) is 180 Å². The fourth-order valence-corrected chi connectivity index (χ4v) is 7.99. The molecule has 0 aliphatic carbocycles. The summed E-state index contributed by atoms with van der Waals surface area (Å²) in [4.78, 5) is 14.3. The van der Waals surface area contributed by atoms with Gasteiger partial charge in [0.1, 0.15) is 11.1 Å².